The molecule has 0 fully saturated rings. The van der Waals surface area contributed by atoms with Crippen molar-refractivity contribution in [1.29, 1.82) is 0 Å². The van der Waals surface area contributed by atoms with E-state index < -0.39 is 13.9 Å². The molecule has 35 heavy (non-hydrogen) atoms. The number of ether oxygens (including phenoxy) is 2. The fourth-order valence-electron chi connectivity index (χ4n) is 3.91. The van der Waals surface area contributed by atoms with Crippen LogP contribution in [0.3, 0.4) is 0 Å². The number of hydrogen-bond donors (Lipinski definition) is 1. The van der Waals surface area contributed by atoms with Gasteiger partial charge in [-0.1, -0.05) is 103 Å². The molecule has 0 aromatic heterocycles. The molecule has 0 heterocycles. The van der Waals surface area contributed by atoms with Crippen molar-refractivity contribution in [2.75, 3.05) is 61.2 Å². The van der Waals surface area contributed by atoms with Crippen molar-refractivity contribution in [3.63, 3.8) is 0 Å². The number of phosphoric ester groups is 1. The highest BCUT2D eigenvalue weighted by Crippen LogP contribution is 2.44. The number of nitrogens with zero attached hydrogens (tertiary/aromatic N) is 1. The standard InChI is InChI=1S/C27H58NO6P/c1-6-7-8-9-10-11-12-13-14-15-16-17-18-19-20-21-23-32-26-27(25-31-5)34-35(29,30)33-24-22-28(2,3)4/h27H,6-26H2,1-5H3/p+1/t27-/m1/s1. The maximum atomic E-state index is 12.2. The highest BCUT2D eigenvalue weighted by molar-refractivity contribution is 7.47. The Bertz CT molecular complexity index is 501. The Labute approximate surface area is 217 Å². The molecule has 0 amide bonds. The van der Waals surface area contributed by atoms with Gasteiger partial charge in [0.1, 0.15) is 19.3 Å². The zero-order chi connectivity index (χ0) is 26.3. The van der Waals surface area contributed by atoms with Crippen molar-refractivity contribution in [3.05, 3.63) is 0 Å². The zero-order valence-electron chi connectivity index (χ0n) is 23.8. The summed E-state index contributed by atoms with van der Waals surface area (Å²) in [5.41, 5.74) is 0. The molecule has 0 aromatic rings. The summed E-state index contributed by atoms with van der Waals surface area (Å²) in [7, 11) is 3.38. The van der Waals surface area contributed by atoms with E-state index in [-0.39, 0.29) is 19.8 Å². The van der Waals surface area contributed by atoms with Gasteiger partial charge in [0.25, 0.3) is 0 Å². The summed E-state index contributed by atoms with van der Waals surface area (Å²) < 4.78 is 33.9. The second-order valence-corrected chi connectivity index (χ2v) is 12.3. The van der Waals surface area contributed by atoms with E-state index >= 15 is 0 Å². The molecule has 0 bridgehead atoms. The number of likely N-dealkylation sites (N-methyl/N-ethyl adjacent to an activating group) is 1. The smallest absolute Gasteiger partial charge is 0.382 e. The van der Waals surface area contributed by atoms with Crippen molar-refractivity contribution >= 4 is 7.82 Å². The van der Waals surface area contributed by atoms with Gasteiger partial charge < -0.3 is 18.9 Å². The van der Waals surface area contributed by atoms with Crippen LogP contribution in [0.25, 0.3) is 0 Å². The number of phosphoric acid groups is 1. The molecular formula is C27H59NO6P+. The Hall–Kier alpha value is -0.0100. The average molecular weight is 525 g/mol. The SMILES string of the molecule is CCCCCCCCCCCCCCCCCCOC[C@@H](COC)OP(=O)(O)OCC[N+](C)(C)C. The van der Waals surface area contributed by atoms with Crippen LogP contribution in [0, 0.1) is 0 Å². The molecule has 1 unspecified atom stereocenters. The quantitative estimate of drug-likeness (QED) is 0.0701. The second-order valence-electron chi connectivity index (χ2n) is 10.9. The molecule has 0 rings (SSSR count). The predicted molar refractivity (Wildman–Crippen MR) is 146 cm³/mol. The van der Waals surface area contributed by atoms with Crippen LogP contribution in [-0.4, -0.2) is 76.7 Å². The first-order valence-electron chi connectivity index (χ1n) is 14.2. The van der Waals surface area contributed by atoms with Gasteiger partial charge in [0.15, 0.2) is 0 Å². The Morgan fingerprint density at radius 2 is 1.17 bits per heavy atom. The minimum absolute atomic E-state index is 0.150. The molecule has 7 nitrogen and oxygen atoms in total. The minimum Gasteiger partial charge on any atom is -0.382 e. The van der Waals surface area contributed by atoms with Gasteiger partial charge in [0.05, 0.1) is 34.4 Å². The van der Waals surface area contributed by atoms with Gasteiger partial charge in [-0.05, 0) is 6.42 Å². The summed E-state index contributed by atoms with van der Waals surface area (Å²) in [6.07, 6.45) is 20.8. The van der Waals surface area contributed by atoms with E-state index in [0.29, 0.717) is 17.6 Å². The van der Waals surface area contributed by atoms with Gasteiger partial charge in [0.2, 0.25) is 0 Å². The molecule has 0 aliphatic heterocycles. The molecule has 0 aromatic carbocycles. The van der Waals surface area contributed by atoms with Crippen LogP contribution in [0.1, 0.15) is 110 Å². The first-order chi connectivity index (χ1) is 16.7. The number of methoxy groups -OCH3 is 1. The van der Waals surface area contributed by atoms with Gasteiger partial charge in [-0.3, -0.25) is 9.05 Å². The van der Waals surface area contributed by atoms with Crippen LogP contribution in [0.2, 0.25) is 0 Å². The van der Waals surface area contributed by atoms with E-state index in [9.17, 15) is 9.46 Å². The summed E-state index contributed by atoms with van der Waals surface area (Å²) in [5.74, 6) is 0. The van der Waals surface area contributed by atoms with E-state index in [1.54, 1.807) is 0 Å². The first-order valence-corrected chi connectivity index (χ1v) is 15.7. The monoisotopic (exact) mass is 524 g/mol. The van der Waals surface area contributed by atoms with Crippen molar-refractivity contribution in [2.45, 2.75) is 116 Å². The lowest BCUT2D eigenvalue weighted by Crippen LogP contribution is -2.37. The normalized spacial score (nSPS) is 14.8. The maximum Gasteiger partial charge on any atom is 0.472 e. The average Bonchev–Trinajstić information content (AvgIpc) is 2.77. The zero-order valence-corrected chi connectivity index (χ0v) is 24.7. The van der Waals surface area contributed by atoms with Crippen molar-refractivity contribution in [1.82, 2.24) is 0 Å². The molecule has 1 N–H and O–H groups in total. The Kier molecular flexibility index (Phi) is 23.1. The lowest BCUT2D eigenvalue weighted by Gasteiger charge is -2.25. The van der Waals surface area contributed by atoms with Gasteiger partial charge >= 0.3 is 7.82 Å². The van der Waals surface area contributed by atoms with Gasteiger partial charge in [-0.15, -0.1) is 0 Å². The molecular weight excluding hydrogens is 465 g/mol. The molecule has 8 heteroatoms. The van der Waals surface area contributed by atoms with Crippen molar-refractivity contribution in [2.24, 2.45) is 0 Å². The lowest BCUT2D eigenvalue weighted by molar-refractivity contribution is -0.870. The van der Waals surface area contributed by atoms with Crippen LogP contribution in [0.15, 0.2) is 0 Å². The van der Waals surface area contributed by atoms with Crippen molar-refractivity contribution in [3.8, 4) is 0 Å². The first kappa shape index (κ1) is 35.0. The van der Waals surface area contributed by atoms with Crippen LogP contribution in [-0.2, 0) is 23.1 Å². The molecule has 0 aliphatic rings. The molecule has 0 spiro atoms. The number of unbranched alkanes of at least 4 members (excludes halogenated alkanes) is 15. The summed E-state index contributed by atoms with van der Waals surface area (Å²) in [5, 5.41) is 0. The Morgan fingerprint density at radius 3 is 1.60 bits per heavy atom. The molecule has 0 radical (unpaired) electrons. The van der Waals surface area contributed by atoms with E-state index in [0.717, 1.165) is 12.8 Å². The minimum atomic E-state index is -4.13. The van der Waals surface area contributed by atoms with Gasteiger partial charge in [-0.25, -0.2) is 4.57 Å². The van der Waals surface area contributed by atoms with Gasteiger partial charge in [-0.2, -0.15) is 0 Å². The van der Waals surface area contributed by atoms with E-state index in [2.05, 4.69) is 6.92 Å². The second kappa shape index (κ2) is 23.1. The maximum absolute atomic E-state index is 12.2. The highest BCUT2D eigenvalue weighted by atomic mass is 31.2. The highest BCUT2D eigenvalue weighted by Gasteiger charge is 2.27. The summed E-state index contributed by atoms with van der Waals surface area (Å²) in [6.45, 7) is 4.06. The summed E-state index contributed by atoms with van der Waals surface area (Å²) >= 11 is 0. The lowest BCUT2D eigenvalue weighted by atomic mass is 10.0. The van der Waals surface area contributed by atoms with Gasteiger partial charge in [0, 0.05) is 13.7 Å². The summed E-state index contributed by atoms with van der Waals surface area (Å²) in [4.78, 5) is 9.95. The number of rotatable bonds is 27. The third-order valence-electron chi connectivity index (χ3n) is 6.10. The Morgan fingerprint density at radius 1 is 0.714 bits per heavy atom. The van der Waals surface area contributed by atoms with E-state index in [1.807, 2.05) is 21.1 Å². The molecule has 0 aliphatic carbocycles. The number of hydrogen-bond acceptors (Lipinski definition) is 5. The molecule has 212 valence electrons. The summed E-state index contributed by atoms with van der Waals surface area (Å²) in [6, 6.07) is 0. The van der Waals surface area contributed by atoms with Crippen LogP contribution in [0.4, 0.5) is 0 Å². The van der Waals surface area contributed by atoms with Crippen LogP contribution in [0.5, 0.6) is 0 Å². The molecule has 0 saturated heterocycles. The van der Waals surface area contributed by atoms with Crippen LogP contribution >= 0.6 is 7.82 Å². The van der Waals surface area contributed by atoms with E-state index in [1.165, 1.54) is 97.0 Å². The fourth-order valence-corrected chi connectivity index (χ4v) is 4.78. The Balaban J connectivity index is 3.60. The third kappa shape index (κ3) is 26.9. The molecule has 2 atom stereocenters. The van der Waals surface area contributed by atoms with Crippen LogP contribution < -0.4 is 0 Å². The van der Waals surface area contributed by atoms with Crippen molar-refractivity contribution < 1.29 is 32.5 Å². The largest absolute Gasteiger partial charge is 0.472 e. The van der Waals surface area contributed by atoms with E-state index in [4.69, 9.17) is 18.5 Å². The third-order valence-corrected chi connectivity index (χ3v) is 7.17. The number of quaternary nitrogens is 1. The topological polar surface area (TPSA) is 74.2 Å². The molecule has 0 saturated carbocycles. The fraction of sp³-hybridized carbons (Fsp3) is 1.00. The predicted octanol–water partition coefficient (Wildman–Crippen LogP) is 7.12.